The molecule has 0 spiro atoms. The van der Waals surface area contributed by atoms with E-state index in [0.29, 0.717) is 12.6 Å². The van der Waals surface area contributed by atoms with E-state index in [4.69, 9.17) is 5.73 Å². The van der Waals surface area contributed by atoms with Crippen LogP contribution in [0.1, 0.15) is 18.0 Å². The first kappa shape index (κ1) is 14.0. The monoisotopic (exact) mass is 269 g/mol. The number of aliphatic hydroxyl groups is 1. The fourth-order valence-corrected chi connectivity index (χ4v) is 3.53. The lowest BCUT2D eigenvalue weighted by Crippen LogP contribution is -2.42. The second-order valence-electron chi connectivity index (χ2n) is 5.31. The Hall–Kier alpha value is -0.460. The number of β-amino-alcohol motifs (C(OH)–C–C–N with tert-alkyl or cyclic N) is 1. The van der Waals surface area contributed by atoms with Crippen LogP contribution < -0.4 is 5.73 Å². The first-order valence-electron chi connectivity index (χ1n) is 6.42. The van der Waals surface area contributed by atoms with Gasteiger partial charge >= 0.3 is 0 Å². The fraction of sp³-hybridized carbons (Fsp3) is 0.692. The van der Waals surface area contributed by atoms with Crippen LogP contribution in [-0.2, 0) is 0 Å². The summed E-state index contributed by atoms with van der Waals surface area (Å²) in [6.07, 6.45) is 0.626. The molecule has 1 fully saturated rings. The second-order valence-corrected chi connectivity index (χ2v) is 6.09. The van der Waals surface area contributed by atoms with Crippen molar-refractivity contribution in [1.29, 1.82) is 0 Å². The van der Waals surface area contributed by atoms with Crippen molar-refractivity contribution >= 4 is 11.3 Å². The van der Waals surface area contributed by atoms with Crippen LogP contribution in [0.5, 0.6) is 0 Å². The van der Waals surface area contributed by atoms with Crippen LogP contribution in [0.4, 0.5) is 0 Å². The van der Waals surface area contributed by atoms with Crippen LogP contribution in [0.15, 0.2) is 16.8 Å². The molecule has 5 heteroatoms. The van der Waals surface area contributed by atoms with E-state index in [2.05, 4.69) is 40.7 Å². The lowest BCUT2D eigenvalue weighted by molar-refractivity contribution is 0.139. The van der Waals surface area contributed by atoms with Crippen LogP contribution >= 0.6 is 11.3 Å². The van der Waals surface area contributed by atoms with Gasteiger partial charge in [0.15, 0.2) is 0 Å². The molecule has 0 amide bonds. The molecule has 2 rings (SSSR count). The van der Waals surface area contributed by atoms with Crippen LogP contribution in [0.25, 0.3) is 0 Å². The zero-order valence-electron chi connectivity index (χ0n) is 11.1. The highest BCUT2D eigenvalue weighted by Crippen LogP contribution is 2.30. The average Bonchev–Trinajstić information content (AvgIpc) is 2.90. The Balaban J connectivity index is 2.13. The highest BCUT2D eigenvalue weighted by Gasteiger charge is 2.35. The Morgan fingerprint density at radius 2 is 2.39 bits per heavy atom. The van der Waals surface area contributed by atoms with E-state index in [1.165, 1.54) is 5.56 Å². The molecule has 0 aromatic carbocycles. The normalized spacial score (nSPS) is 26.9. The van der Waals surface area contributed by atoms with Crippen molar-refractivity contribution in [1.82, 2.24) is 9.80 Å². The van der Waals surface area contributed by atoms with Gasteiger partial charge in [0.05, 0.1) is 6.10 Å². The summed E-state index contributed by atoms with van der Waals surface area (Å²) in [6.45, 7) is 2.31. The number of nitrogens with two attached hydrogens (primary N) is 1. The van der Waals surface area contributed by atoms with E-state index >= 15 is 0 Å². The maximum absolute atomic E-state index is 9.93. The minimum absolute atomic E-state index is 0.220. The number of hydrogen-bond donors (Lipinski definition) is 2. The molecule has 1 aliphatic heterocycles. The summed E-state index contributed by atoms with van der Waals surface area (Å²) < 4.78 is 0. The summed E-state index contributed by atoms with van der Waals surface area (Å²) in [4.78, 5) is 4.55. The Bertz CT molecular complexity index is 355. The summed E-state index contributed by atoms with van der Waals surface area (Å²) in [5.74, 6) is 0. The summed E-state index contributed by atoms with van der Waals surface area (Å²) in [7, 11) is 4.15. The van der Waals surface area contributed by atoms with Gasteiger partial charge in [0.1, 0.15) is 0 Å². The first-order chi connectivity index (χ1) is 8.61. The van der Waals surface area contributed by atoms with Crippen molar-refractivity contribution in [3.05, 3.63) is 22.4 Å². The Kier molecular flexibility index (Phi) is 4.75. The summed E-state index contributed by atoms with van der Waals surface area (Å²) >= 11 is 1.70. The molecule has 0 saturated carbocycles. The predicted octanol–water partition coefficient (Wildman–Crippen LogP) is 0.745. The molecule has 3 unspecified atom stereocenters. The van der Waals surface area contributed by atoms with Gasteiger partial charge in [-0.25, -0.2) is 0 Å². The molecule has 1 aromatic heterocycles. The zero-order chi connectivity index (χ0) is 13.1. The van der Waals surface area contributed by atoms with Gasteiger partial charge < -0.3 is 15.7 Å². The zero-order valence-corrected chi connectivity index (χ0v) is 11.9. The number of rotatable bonds is 5. The van der Waals surface area contributed by atoms with E-state index in [1.807, 2.05) is 0 Å². The van der Waals surface area contributed by atoms with E-state index in [9.17, 15) is 5.11 Å². The fourth-order valence-electron chi connectivity index (χ4n) is 2.83. The number of aliphatic hydroxyl groups excluding tert-OH is 1. The Morgan fingerprint density at radius 3 is 2.94 bits per heavy atom. The number of thiophene rings is 1. The molecule has 0 bridgehead atoms. The Labute approximate surface area is 113 Å². The standard InChI is InChI=1S/C13H23N3OS/c1-15(2)7-11-5-12(17)8-16(11)13(6-14)10-3-4-18-9-10/h3-4,9,11-13,17H,5-8,14H2,1-2H3. The summed E-state index contributed by atoms with van der Waals surface area (Å²) in [6, 6.07) is 2.77. The van der Waals surface area contributed by atoms with Crippen molar-refractivity contribution in [2.75, 3.05) is 33.7 Å². The van der Waals surface area contributed by atoms with Gasteiger partial charge in [-0.15, -0.1) is 0 Å². The molecule has 4 nitrogen and oxygen atoms in total. The van der Waals surface area contributed by atoms with Crippen molar-refractivity contribution in [2.24, 2.45) is 5.73 Å². The second kappa shape index (κ2) is 6.12. The van der Waals surface area contributed by atoms with Crippen molar-refractivity contribution < 1.29 is 5.11 Å². The van der Waals surface area contributed by atoms with Crippen molar-refractivity contribution in [3.8, 4) is 0 Å². The average molecular weight is 269 g/mol. The molecular formula is C13H23N3OS. The molecular weight excluding hydrogens is 246 g/mol. The molecule has 0 aliphatic carbocycles. The summed E-state index contributed by atoms with van der Waals surface area (Å²) in [5, 5.41) is 14.2. The molecule has 1 saturated heterocycles. The third kappa shape index (κ3) is 3.10. The van der Waals surface area contributed by atoms with Gasteiger partial charge in [-0.1, -0.05) is 0 Å². The molecule has 102 valence electrons. The van der Waals surface area contributed by atoms with Gasteiger partial charge in [0, 0.05) is 31.7 Å². The lowest BCUT2D eigenvalue weighted by Gasteiger charge is -2.33. The molecule has 1 aromatic rings. The minimum atomic E-state index is -0.220. The van der Waals surface area contributed by atoms with E-state index in [0.717, 1.165) is 19.5 Å². The molecule has 1 aliphatic rings. The maximum atomic E-state index is 9.93. The van der Waals surface area contributed by atoms with Gasteiger partial charge in [0.25, 0.3) is 0 Å². The van der Waals surface area contributed by atoms with Gasteiger partial charge in [0.2, 0.25) is 0 Å². The highest BCUT2D eigenvalue weighted by molar-refractivity contribution is 7.07. The Morgan fingerprint density at radius 1 is 1.61 bits per heavy atom. The molecule has 3 atom stereocenters. The van der Waals surface area contributed by atoms with Gasteiger partial charge in [-0.3, -0.25) is 4.90 Å². The largest absolute Gasteiger partial charge is 0.392 e. The molecule has 2 heterocycles. The van der Waals surface area contributed by atoms with Crippen LogP contribution in [0.2, 0.25) is 0 Å². The SMILES string of the molecule is CN(C)CC1CC(O)CN1C(CN)c1ccsc1. The van der Waals surface area contributed by atoms with E-state index < -0.39 is 0 Å². The van der Waals surface area contributed by atoms with Crippen molar-refractivity contribution in [2.45, 2.75) is 24.6 Å². The number of nitrogens with zero attached hydrogens (tertiary/aromatic N) is 2. The topological polar surface area (TPSA) is 52.7 Å². The number of likely N-dealkylation sites (tertiary alicyclic amines) is 1. The minimum Gasteiger partial charge on any atom is -0.392 e. The molecule has 18 heavy (non-hydrogen) atoms. The van der Waals surface area contributed by atoms with Crippen LogP contribution in [-0.4, -0.2) is 60.8 Å². The molecule has 0 radical (unpaired) electrons. The molecule has 3 N–H and O–H groups in total. The van der Waals surface area contributed by atoms with Crippen molar-refractivity contribution in [3.63, 3.8) is 0 Å². The van der Waals surface area contributed by atoms with Gasteiger partial charge in [-0.2, -0.15) is 11.3 Å². The van der Waals surface area contributed by atoms with E-state index in [1.54, 1.807) is 11.3 Å². The highest BCUT2D eigenvalue weighted by atomic mass is 32.1. The quantitative estimate of drug-likeness (QED) is 0.828. The smallest absolute Gasteiger partial charge is 0.0682 e. The number of likely N-dealkylation sites (N-methyl/N-ethyl adjacent to an activating group) is 1. The van der Waals surface area contributed by atoms with E-state index in [-0.39, 0.29) is 12.1 Å². The predicted molar refractivity (Wildman–Crippen MR) is 75.8 cm³/mol. The van der Waals surface area contributed by atoms with Gasteiger partial charge in [-0.05, 0) is 42.9 Å². The van der Waals surface area contributed by atoms with Crippen LogP contribution in [0.3, 0.4) is 0 Å². The van der Waals surface area contributed by atoms with Crippen LogP contribution in [0, 0.1) is 0 Å². The third-order valence-corrected chi connectivity index (χ3v) is 4.26. The number of hydrogen-bond acceptors (Lipinski definition) is 5. The lowest BCUT2D eigenvalue weighted by atomic mass is 10.1. The summed E-state index contributed by atoms with van der Waals surface area (Å²) in [5.41, 5.74) is 7.23. The first-order valence-corrected chi connectivity index (χ1v) is 7.36. The maximum Gasteiger partial charge on any atom is 0.0682 e. The third-order valence-electron chi connectivity index (χ3n) is 3.56.